The van der Waals surface area contributed by atoms with Gasteiger partial charge in [-0.25, -0.2) is 8.78 Å². The van der Waals surface area contributed by atoms with Crippen LogP contribution in [0.25, 0.3) is 0 Å². The topological polar surface area (TPSA) is 55.0 Å². The average molecular weight is 427 g/mol. The predicted octanol–water partition coefficient (Wildman–Crippen LogP) is 5.48. The number of para-hydroxylation sites is 1. The van der Waals surface area contributed by atoms with Crippen molar-refractivity contribution in [2.45, 2.75) is 70.1 Å². The lowest BCUT2D eigenvalue weighted by Gasteiger charge is -2.45. The largest absolute Gasteiger partial charge is 0.496 e. The molecule has 0 aliphatic heterocycles. The molecule has 0 spiro atoms. The van der Waals surface area contributed by atoms with Gasteiger partial charge in [0.1, 0.15) is 5.75 Å². The number of benzene rings is 1. The van der Waals surface area contributed by atoms with E-state index in [0.29, 0.717) is 24.3 Å². The number of methoxy groups -OCH3 is 1. The molecule has 1 fully saturated rings. The fourth-order valence-corrected chi connectivity index (χ4v) is 6.13. The number of nitrogens with zero attached hydrogens (tertiary/aromatic N) is 1. The Morgan fingerprint density at radius 1 is 1.13 bits per heavy atom. The number of carbonyl (C=O) groups excluding carboxylic acids is 1. The number of aromatic amines is 1. The maximum absolute atomic E-state index is 13.7. The summed E-state index contributed by atoms with van der Waals surface area (Å²) < 4.78 is 33.2. The van der Waals surface area contributed by atoms with Gasteiger partial charge in [-0.1, -0.05) is 37.6 Å². The number of allylic oxidation sites excluding steroid dienone is 2. The molecule has 31 heavy (non-hydrogen) atoms. The van der Waals surface area contributed by atoms with Gasteiger partial charge in [0.05, 0.1) is 18.2 Å². The summed E-state index contributed by atoms with van der Waals surface area (Å²) in [5.41, 5.74) is 4.41. The third-order valence-corrected chi connectivity index (χ3v) is 7.35. The molecule has 0 unspecified atom stereocenters. The van der Waals surface area contributed by atoms with Crippen LogP contribution < -0.4 is 4.74 Å². The van der Waals surface area contributed by atoms with Crippen molar-refractivity contribution in [2.24, 2.45) is 5.41 Å². The predicted molar refractivity (Wildman–Crippen MR) is 114 cm³/mol. The van der Waals surface area contributed by atoms with Gasteiger partial charge >= 0.3 is 0 Å². The number of alkyl halides is 2. The van der Waals surface area contributed by atoms with E-state index in [-0.39, 0.29) is 30.0 Å². The summed E-state index contributed by atoms with van der Waals surface area (Å²) in [7, 11) is 1.62. The molecule has 6 heteroatoms. The van der Waals surface area contributed by atoms with Crippen molar-refractivity contribution in [2.75, 3.05) is 7.11 Å². The second kappa shape index (κ2) is 6.50. The fourth-order valence-electron chi connectivity index (χ4n) is 6.13. The van der Waals surface area contributed by atoms with E-state index in [9.17, 15) is 13.6 Å². The van der Waals surface area contributed by atoms with Crippen LogP contribution in [0, 0.1) is 5.41 Å². The van der Waals surface area contributed by atoms with Crippen molar-refractivity contribution >= 4 is 5.78 Å². The van der Waals surface area contributed by atoms with Gasteiger partial charge in [-0.15, -0.1) is 0 Å². The van der Waals surface area contributed by atoms with Crippen LogP contribution in [0.4, 0.5) is 8.78 Å². The molecule has 1 aromatic carbocycles. The van der Waals surface area contributed by atoms with Crippen molar-refractivity contribution in [1.29, 1.82) is 0 Å². The lowest BCUT2D eigenvalue weighted by molar-refractivity contribution is -0.118. The van der Waals surface area contributed by atoms with E-state index in [4.69, 9.17) is 4.74 Å². The van der Waals surface area contributed by atoms with Crippen molar-refractivity contribution < 1.29 is 18.3 Å². The minimum atomic E-state index is -2.64. The number of ketones is 1. The average Bonchev–Trinajstić information content (AvgIpc) is 3.08. The Hall–Kier alpha value is -2.50. The maximum atomic E-state index is 13.7. The highest BCUT2D eigenvalue weighted by molar-refractivity contribution is 6.02. The Morgan fingerprint density at radius 3 is 2.52 bits per heavy atom. The number of ether oxygens (including phenoxy) is 1. The number of halogens is 2. The summed E-state index contributed by atoms with van der Waals surface area (Å²) in [5.74, 6) is -2.12. The molecule has 5 rings (SSSR count). The van der Waals surface area contributed by atoms with Crippen LogP contribution in [-0.2, 0) is 16.6 Å². The first kappa shape index (κ1) is 20.4. The molecule has 1 N–H and O–H groups in total. The van der Waals surface area contributed by atoms with E-state index in [0.717, 1.165) is 34.4 Å². The molecule has 1 saturated carbocycles. The Labute approximate surface area is 181 Å². The summed E-state index contributed by atoms with van der Waals surface area (Å²) >= 11 is 0. The molecule has 2 aromatic rings. The third kappa shape index (κ3) is 2.98. The first-order valence-electron chi connectivity index (χ1n) is 10.9. The van der Waals surface area contributed by atoms with E-state index < -0.39 is 11.3 Å². The number of hydrogen-bond acceptors (Lipinski definition) is 3. The second-order valence-electron chi connectivity index (χ2n) is 10.3. The Morgan fingerprint density at radius 2 is 1.84 bits per heavy atom. The van der Waals surface area contributed by atoms with Crippen LogP contribution >= 0.6 is 0 Å². The number of aromatic nitrogens is 2. The standard InChI is InChI=1S/C25H28F2N2O2/c1-23(2)10-14-9-17-21(22(29-28-17)15-11-25(26,27)12-15)24(3,20(14)18(30)13-23)16-7-5-6-8-19(16)31-4/h5-8,15H,9-13H2,1-4H3,(H,28,29)/t24-/m1/s1. The van der Waals surface area contributed by atoms with E-state index in [1.165, 1.54) is 0 Å². The zero-order valence-electron chi connectivity index (χ0n) is 18.4. The lowest BCUT2D eigenvalue weighted by Crippen LogP contribution is -2.42. The first-order valence-corrected chi connectivity index (χ1v) is 10.9. The SMILES string of the molecule is COc1ccccc1[C@]1(C)C2=C(Cc3[nH]nc(C4CC(F)(F)C4)c31)CC(C)(C)CC2=O. The minimum Gasteiger partial charge on any atom is -0.496 e. The molecule has 4 nitrogen and oxygen atoms in total. The van der Waals surface area contributed by atoms with E-state index in [1.807, 2.05) is 31.2 Å². The van der Waals surface area contributed by atoms with Crippen LogP contribution in [0.3, 0.4) is 0 Å². The Balaban J connectivity index is 1.76. The van der Waals surface area contributed by atoms with Gasteiger partial charge in [-0.3, -0.25) is 9.89 Å². The smallest absolute Gasteiger partial charge is 0.249 e. The van der Waals surface area contributed by atoms with Crippen LogP contribution in [0.5, 0.6) is 5.75 Å². The minimum absolute atomic E-state index is 0.103. The fraction of sp³-hybridized carbons (Fsp3) is 0.520. The summed E-state index contributed by atoms with van der Waals surface area (Å²) in [6.45, 7) is 6.29. The Kier molecular flexibility index (Phi) is 4.28. The van der Waals surface area contributed by atoms with Crippen LogP contribution in [-0.4, -0.2) is 29.0 Å². The third-order valence-electron chi connectivity index (χ3n) is 7.35. The normalized spacial score (nSPS) is 26.8. The molecular weight excluding hydrogens is 398 g/mol. The molecule has 0 radical (unpaired) electrons. The van der Waals surface area contributed by atoms with E-state index in [2.05, 4.69) is 24.0 Å². The quantitative estimate of drug-likeness (QED) is 0.707. The monoisotopic (exact) mass is 426 g/mol. The molecule has 1 atom stereocenters. The summed E-state index contributed by atoms with van der Waals surface area (Å²) in [6.07, 6.45) is 1.52. The molecule has 3 aliphatic rings. The zero-order chi connectivity index (χ0) is 22.2. The highest BCUT2D eigenvalue weighted by Crippen LogP contribution is 2.57. The molecule has 1 heterocycles. The molecule has 3 aliphatic carbocycles. The van der Waals surface area contributed by atoms with E-state index >= 15 is 0 Å². The molecule has 0 bridgehead atoms. The van der Waals surface area contributed by atoms with Crippen molar-refractivity contribution in [3.8, 4) is 5.75 Å². The first-order chi connectivity index (χ1) is 14.6. The maximum Gasteiger partial charge on any atom is 0.249 e. The molecule has 1 aromatic heterocycles. The van der Waals surface area contributed by atoms with Crippen LogP contribution in [0.1, 0.15) is 74.9 Å². The molecule has 0 amide bonds. The number of fused-ring (bicyclic) bond motifs is 1. The van der Waals surface area contributed by atoms with Gasteiger partial charge in [0, 0.05) is 54.0 Å². The van der Waals surface area contributed by atoms with E-state index in [1.54, 1.807) is 7.11 Å². The number of rotatable bonds is 3. The van der Waals surface area contributed by atoms with Gasteiger partial charge in [0.2, 0.25) is 5.92 Å². The summed E-state index contributed by atoms with van der Waals surface area (Å²) in [5, 5.41) is 7.70. The van der Waals surface area contributed by atoms with Gasteiger partial charge in [0.25, 0.3) is 0 Å². The van der Waals surface area contributed by atoms with Crippen molar-refractivity contribution in [3.63, 3.8) is 0 Å². The van der Waals surface area contributed by atoms with Gasteiger partial charge < -0.3 is 4.74 Å². The molecular formula is C25H28F2N2O2. The van der Waals surface area contributed by atoms with Gasteiger partial charge in [0.15, 0.2) is 5.78 Å². The number of Topliss-reactive ketones (excluding diaryl/α,β-unsaturated/α-hetero) is 1. The number of hydrogen-bond donors (Lipinski definition) is 1. The second-order valence-corrected chi connectivity index (χ2v) is 10.3. The van der Waals surface area contributed by atoms with Crippen LogP contribution in [0.15, 0.2) is 35.4 Å². The summed E-state index contributed by atoms with van der Waals surface area (Å²) in [4.78, 5) is 13.6. The Bertz CT molecular complexity index is 1110. The van der Waals surface area contributed by atoms with Gasteiger partial charge in [-0.2, -0.15) is 5.10 Å². The highest BCUT2D eigenvalue weighted by atomic mass is 19.3. The zero-order valence-corrected chi connectivity index (χ0v) is 18.4. The van der Waals surface area contributed by atoms with Crippen LogP contribution in [0.2, 0.25) is 0 Å². The molecule has 164 valence electrons. The number of nitrogens with one attached hydrogen (secondary N) is 1. The highest BCUT2D eigenvalue weighted by Gasteiger charge is 2.54. The molecule has 0 saturated heterocycles. The number of carbonyl (C=O) groups is 1. The van der Waals surface area contributed by atoms with Crippen molar-refractivity contribution in [1.82, 2.24) is 10.2 Å². The number of H-pyrrole nitrogens is 1. The lowest BCUT2D eigenvalue weighted by atomic mass is 9.57. The summed E-state index contributed by atoms with van der Waals surface area (Å²) in [6, 6.07) is 7.72. The van der Waals surface area contributed by atoms with Crippen molar-refractivity contribution in [3.05, 3.63) is 57.9 Å². The van der Waals surface area contributed by atoms with Gasteiger partial charge in [-0.05, 0) is 24.8 Å².